The summed E-state index contributed by atoms with van der Waals surface area (Å²) in [5, 5.41) is 3.18. The van der Waals surface area contributed by atoms with E-state index in [1.165, 1.54) is 5.56 Å². The number of nitrogens with one attached hydrogen (secondary N) is 1. The Morgan fingerprint density at radius 3 is 3.07 bits per heavy atom. The van der Waals surface area contributed by atoms with E-state index in [-0.39, 0.29) is 0 Å². The molecule has 0 saturated carbocycles. The fourth-order valence-corrected chi connectivity index (χ4v) is 1.15. The maximum Gasteiger partial charge on any atom is 0.119 e. The molecule has 2 heteroatoms. The molecule has 0 bridgehead atoms. The number of ether oxygens (including phenoxy) is 1. The standard InChI is InChI=1S/C12H17NO/c1-3-7-13-8-9-14-12-6-4-5-11(2)10-12/h3-6,10,13H,1,7-9H2,2H3. The first-order valence-electron chi connectivity index (χ1n) is 4.84. The number of rotatable bonds is 6. The first-order chi connectivity index (χ1) is 6.83. The van der Waals surface area contributed by atoms with Crippen LogP contribution in [0.15, 0.2) is 36.9 Å². The predicted octanol–water partition coefficient (Wildman–Crippen LogP) is 2.15. The van der Waals surface area contributed by atoms with Gasteiger partial charge in [0.25, 0.3) is 0 Å². The lowest BCUT2D eigenvalue weighted by Gasteiger charge is -2.06. The van der Waals surface area contributed by atoms with Gasteiger partial charge in [-0.3, -0.25) is 0 Å². The van der Waals surface area contributed by atoms with Gasteiger partial charge in [-0.05, 0) is 24.6 Å². The Morgan fingerprint density at radius 1 is 1.50 bits per heavy atom. The molecule has 0 unspecified atom stereocenters. The fourth-order valence-electron chi connectivity index (χ4n) is 1.15. The van der Waals surface area contributed by atoms with E-state index in [9.17, 15) is 0 Å². The Bertz CT molecular complexity index is 283. The van der Waals surface area contributed by atoms with Crippen molar-refractivity contribution >= 4 is 0 Å². The van der Waals surface area contributed by atoms with Crippen LogP contribution in [0.5, 0.6) is 5.75 Å². The number of benzene rings is 1. The highest BCUT2D eigenvalue weighted by Gasteiger charge is 1.92. The van der Waals surface area contributed by atoms with Gasteiger partial charge in [-0.15, -0.1) is 6.58 Å². The molecule has 1 N–H and O–H groups in total. The minimum absolute atomic E-state index is 0.692. The maximum atomic E-state index is 5.54. The van der Waals surface area contributed by atoms with E-state index in [2.05, 4.69) is 24.9 Å². The predicted molar refractivity (Wildman–Crippen MR) is 59.7 cm³/mol. The van der Waals surface area contributed by atoms with Crippen molar-refractivity contribution in [3.63, 3.8) is 0 Å². The van der Waals surface area contributed by atoms with E-state index in [4.69, 9.17) is 4.74 Å². The minimum atomic E-state index is 0.692. The molecule has 0 aliphatic heterocycles. The Balaban J connectivity index is 2.21. The lowest BCUT2D eigenvalue weighted by molar-refractivity contribution is 0.316. The third kappa shape index (κ3) is 4.10. The van der Waals surface area contributed by atoms with E-state index < -0.39 is 0 Å². The Morgan fingerprint density at radius 2 is 2.36 bits per heavy atom. The van der Waals surface area contributed by atoms with Gasteiger partial charge in [0.2, 0.25) is 0 Å². The lowest BCUT2D eigenvalue weighted by Crippen LogP contribution is -2.20. The molecule has 1 aromatic carbocycles. The van der Waals surface area contributed by atoms with Crippen LogP contribution in [-0.4, -0.2) is 19.7 Å². The minimum Gasteiger partial charge on any atom is -0.492 e. The van der Waals surface area contributed by atoms with Gasteiger partial charge in [0.05, 0.1) is 0 Å². The summed E-state index contributed by atoms with van der Waals surface area (Å²) in [6.45, 7) is 8.05. The molecule has 2 nitrogen and oxygen atoms in total. The highest BCUT2D eigenvalue weighted by molar-refractivity contribution is 5.27. The van der Waals surface area contributed by atoms with Crippen LogP contribution in [0.1, 0.15) is 5.56 Å². The van der Waals surface area contributed by atoms with Crippen LogP contribution in [0.3, 0.4) is 0 Å². The van der Waals surface area contributed by atoms with Crippen LogP contribution < -0.4 is 10.1 Å². The summed E-state index contributed by atoms with van der Waals surface area (Å²) in [5.74, 6) is 0.936. The number of hydrogen-bond donors (Lipinski definition) is 1. The topological polar surface area (TPSA) is 21.3 Å². The lowest BCUT2D eigenvalue weighted by atomic mass is 10.2. The van der Waals surface area contributed by atoms with Gasteiger partial charge in [-0.2, -0.15) is 0 Å². The van der Waals surface area contributed by atoms with Gasteiger partial charge in [0, 0.05) is 13.1 Å². The number of aryl methyl sites for hydroxylation is 1. The van der Waals surface area contributed by atoms with E-state index in [1.807, 2.05) is 24.3 Å². The highest BCUT2D eigenvalue weighted by Crippen LogP contribution is 2.11. The quantitative estimate of drug-likeness (QED) is 0.549. The Kier molecular flexibility index (Phi) is 4.79. The third-order valence-electron chi connectivity index (χ3n) is 1.83. The average molecular weight is 191 g/mol. The van der Waals surface area contributed by atoms with Gasteiger partial charge in [-0.25, -0.2) is 0 Å². The van der Waals surface area contributed by atoms with Crippen molar-refractivity contribution in [2.45, 2.75) is 6.92 Å². The van der Waals surface area contributed by atoms with Gasteiger partial charge in [-0.1, -0.05) is 18.2 Å². The second kappa shape index (κ2) is 6.22. The zero-order valence-corrected chi connectivity index (χ0v) is 8.62. The van der Waals surface area contributed by atoms with Gasteiger partial charge >= 0.3 is 0 Å². The second-order valence-electron chi connectivity index (χ2n) is 3.16. The molecule has 0 atom stereocenters. The summed E-state index contributed by atoms with van der Waals surface area (Å²) in [4.78, 5) is 0. The molecule has 14 heavy (non-hydrogen) atoms. The molecule has 0 heterocycles. The van der Waals surface area contributed by atoms with Crippen molar-refractivity contribution < 1.29 is 4.74 Å². The first-order valence-corrected chi connectivity index (χ1v) is 4.84. The molecule has 0 aliphatic rings. The van der Waals surface area contributed by atoms with Crippen LogP contribution in [0.2, 0.25) is 0 Å². The molecular weight excluding hydrogens is 174 g/mol. The molecule has 0 fully saturated rings. The summed E-state index contributed by atoms with van der Waals surface area (Å²) >= 11 is 0. The second-order valence-corrected chi connectivity index (χ2v) is 3.16. The normalized spacial score (nSPS) is 9.79. The van der Waals surface area contributed by atoms with Crippen molar-refractivity contribution in [2.75, 3.05) is 19.7 Å². The summed E-state index contributed by atoms with van der Waals surface area (Å²) in [6.07, 6.45) is 1.84. The van der Waals surface area contributed by atoms with Crippen LogP contribution in [-0.2, 0) is 0 Å². The maximum absolute atomic E-state index is 5.54. The van der Waals surface area contributed by atoms with Crippen molar-refractivity contribution in [1.29, 1.82) is 0 Å². The van der Waals surface area contributed by atoms with Gasteiger partial charge < -0.3 is 10.1 Å². The van der Waals surface area contributed by atoms with Gasteiger partial charge in [0.1, 0.15) is 12.4 Å². The average Bonchev–Trinajstić information content (AvgIpc) is 2.18. The largest absolute Gasteiger partial charge is 0.492 e. The fraction of sp³-hybridized carbons (Fsp3) is 0.333. The van der Waals surface area contributed by atoms with E-state index in [0.717, 1.165) is 18.8 Å². The first kappa shape index (κ1) is 10.8. The smallest absolute Gasteiger partial charge is 0.119 e. The molecule has 0 amide bonds. The molecule has 0 saturated heterocycles. The van der Waals surface area contributed by atoms with Crippen molar-refractivity contribution in [1.82, 2.24) is 5.32 Å². The molecule has 0 spiro atoms. The molecule has 0 radical (unpaired) electrons. The van der Waals surface area contributed by atoms with Crippen LogP contribution in [0.25, 0.3) is 0 Å². The zero-order valence-electron chi connectivity index (χ0n) is 8.62. The molecule has 0 aromatic heterocycles. The Labute approximate surface area is 85.6 Å². The van der Waals surface area contributed by atoms with E-state index in [1.54, 1.807) is 0 Å². The van der Waals surface area contributed by atoms with Crippen molar-refractivity contribution in [3.05, 3.63) is 42.5 Å². The zero-order chi connectivity index (χ0) is 10.2. The number of hydrogen-bond acceptors (Lipinski definition) is 2. The van der Waals surface area contributed by atoms with Crippen LogP contribution in [0, 0.1) is 6.92 Å². The Hall–Kier alpha value is -1.28. The monoisotopic (exact) mass is 191 g/mol. The summed E-state index contributed by atoms with van der Waals surface area (Å²) in [7, 11) is 0. The summed E-state index contributed by atoms with van der Waals surface area (Å²) < 4.78 is 5.54. The SMILES string of the molecule is C=CCNCCOc1cccc(C)c1. The van der Waals surface area contributed by atoms with Crippen molar-refractivity contribution in [2.24, 2.45) is 0 Å². The van der Waals surface area contributed by atoms with E-state index >= 15 is 0 Å². The molecule has 76 valence electrons. The molecule has 0 aliphatic carbocycles. The summed E-state index contributed by atoms with van der Waals surface area (Å²) in [6, 6.07) is 8.07. The van der Waals surface area contributed by atoms with Crippen molar-refractivity contribution in [3.8, 4) is 5.75 Å². The van der Waals surface area contributed by atoms with Crippen LogP contribution >= 0.6 is 0 Å². The third-order valence-corrected chi connectivity index (χ3v) is 1.83. The van der Waals surface area contributed by atoms with Crippen LogP contribution in [0.4, 0.5) is 0 Å². The van der Waals surface area contributed by atoms with Gasteiger partial charge in [0.15, 0.2) is 0 Å². The molecular formula is C12H17NO. The molecule has 1 rings (SSSR count). The molecule has 1 aromatic rings. The van der Waals surface area contributed by atoms with E-state index in [0.29, 0.717) is 6.61 Å². The summed E-state index contributed by atoms with van der Waals surface area (Å²) in [5.41, 5.74) is 1.22. The highest BCUT2D eigenvalue weighted by atomic mass is 16.5.